The zero-order valence-electron chi connectivity index (χ0n) is 22.5. The third kappa shape index (κ3) is 5.06. The summed E-state index contributed by atoms with van der Waals surface area (Å²) in [5, 5.41) is 4.05. The Morgan fingerprint density at radius 3 is 2.29 bits per heavy atom. The van der Waals surface area contributed by atoms with Crippen LogP contribution in [0.4, 0.5) is 0 Å². The lowest BCUT2D eigenvalue weighted by Gasteiger charge is -2.39. The van der Waals surface area contributed by atoms with Crippen LogP contribution < -0.4 is 5.32 Å². The first-order valence-electron chi connectivity index (χ1n) is 13.8. The number of nitrogens with zero attached hydrogens (tertiary/aromatic N) is 2. The molecule has 1 unspecified atom stereocenters. The van der Waals surface area contributed by atoms with Crippen molar-refractivity contribution >= 4 is 28.7 Å². The molecule has 200 valence electrons. The Labute approximate surface area is 224 Å². The van der Waals surface area contributed by atoms with Gasteiger partial charge in [-0.2, -0.15) is 0 Å². The van der Waals surface area contributed by atoms with Crippen LogP contribution in [0.25, 0.3) is 11.0 Å². The van der Waals surface area contributed by atoms with E-state index < -0.39 is 6.04 Å². The van der Waals surface area contributed by atoms with Crippen molar-refractivity contribution in [3.05, 3.63) is 71.5 Å². The predicted molar refractivity (Wildman–Crippen MR) is 147 cm³/mol. The van der Waals surface area contributed by atoms with Crippen LogP contribution in [0.15, 0.2) is 59.0 Å². The highest BCUT2D eigenvalue weighted by Crippen LogP contribution is 2.35. The monoisotopic (exact) mass is 515 g/mol. The van der Waals surface area contributed by atoms with Crippen LogP contribution in [0.1, 0.15) is 60.7 Å². The average Bonchev–Trinajstić information content (AvgIpc) is 3.60. The Balaban J connectivity index is 1.37. The second kappa shape index (κ2) is 11.0. The van der Waals surface area contributed by atoms with Gasteiger partial charge in [-0.1, -0.05) is 62.4 Å². The van der Waals surface area contributed by atoms with Gasteiger partial charge in [0.1, 0.15) is 11.6 Å². The van der Waals surface area contributed by atoms with Gasteiger partial charge in [0.25, 0.3) is 5.91 Å². The third-order valence-corrected chi connectivity index (χ3v) is 8.15. The Morgan fingerprint density at radius 2 is 1.61 bits per heavy atom. The van der Waals surface area contributed by atoms with Gasteiger partial charge in [-0.3, -0.25) is 14.4 Å². The van der Waals surface area contributed by atoms with Crippen LogP contribution in [0, 0.1) is 18.8 Å². The lowest BCUT2D eigenvalue weighted by Crippen LogP contribution is -2.54. The molecule has 2 saturated heterocycles. The van der Waals surface area contributed by atoms with E-state index in [9.17, 15) is 14.4 Å². The number of likely N-dealkylation sites (tertiary alicyclic amines) is 2. The number of carbonyl (C=O) groups is 3. The molecule has 3 aromatic rings. The smallest absolute Gasteiger partial charge is 0.289 e. The van der Waals surface area contributed by atoms with Crippen LogP contribution >= 0.6 is 0 Å². The minimum atomic E-state index is -0.546. The largest absolute Gasteiger partial charge is 0.451 e. The predicted octanol–water partition coefficient (Wildman–Crippen LogP) is 4.75. The number of carbonyl (C=O) groups excluding carboxylic acids is 3. The molecule has 0 saturated carbocycles. The van der Waals surface area contributed by atoms with Crippen molar-refractivity contribution < 1.29 is 18.8 Å². The first-order valence-corrected chi connectivity index (χ1v) is 13.8. The molecule has 3 amide bonds. The summed E-state index contributed by atoms with van der Waals surface area (Å²) < 4.78 is 5.97. The molecule has 2 aliphatic rings. The molecular weight excluding hydrogens is 478 g/mol. The summed E-state index contributed by atoms with van der Waals surface area (Å²) >= 11 is 0. The van der Waals surface area contributed by atoms with Gasteiger partial charge in [0, 0.05) is 49.0 Å². The first kappa shape index (κ1) is 26.0. The number of aryl methyl sites for hydroxylation is 1. The SMILES string of the molecule is Cc1c(C(=O)N2CC[C@H](C(=O)NC(C(=O)N3CCCC3)C(C)C)[C@H](c3ccccc3)C2)oc2ccccc12. The molecule has 7 nitrogen and oxygen atoms in total. The highest BCUT2D eigenvalue weighted by atomic mass is 16.3. The van der Waals surface area contributed by atoms with Gasteiger partial charge in [-0.15, -0.1) is 0 Å². The van der Waals surface area contributed by atoms with Crippen LogP contribution in [0.3, 0.4) is 0 Å². The van der Waals surface area contributed by atoms with Gasteiger partial charge in [-0.05, 0) is 43.7 Å². The average molecular weight is 516 g/mol. The standard InChI is InChI=1S/C31H37N3O4/c1-20(2)27(30(36)33-16-9-10-17-33)32-29(35)24-15-18-34(19-25(24)22-11-5-4-6-12-22)31(37)28-21(3)23-13-7-8-14-26(23)38-28/h4-8,11-14,20,24-25,27H,9-10,15-19H2,1-3H3,(H,32,35)/t24-,25-,27?/m0/s1. The molecule has 3 heterocycles. The molecular formula is C31H37N3O4. The summed E-state index contributed by atoms with van der Waals surface area (Å²) in [6, 6.07) is 17.0. The molecule has 0 aliphatic carbocycles. The van der Waals surface area contributed by atoms with Crippen LogP contribution in [0.5, 0.6) is 0 Å². The quantitative estimate of drug-likeness (QED) is 0.514. The van der Waals surface area contributed by atoms with E-state index in [-0.39, 0.29) is 35.5 Å². The van der Waals surface area contributed by atoms with E-state index in [0.29, 0.717) is 30.9 Å². The van der Waals surface area contributed by atoms with Gasteiger partial charge in [0.15, 0.2) is 5.76 Å². The molecule has 0 bridgehead atoms. The number of para-hydroxylation sites is 1. The second-order valence-corrected chi connectivity index (χ2v) is 11.0. The molecule has 2 aliphatic heterocycles. The van der Waals surface area contributed by atoms with Crippen molar-refractivity contribution in [2.45, 2.75) is 52.0 Å². The van der Waals surface area contributed by atoms with Crippen molar-refractivity contribution in [2.75, 3.05) is 26.2 Å². The fourth-order valence-corrected chi connectivity index (χ4v) is 5.92. The lowest BCUT2D eigenvalue weighted by molar-refractivity contribution is -0.138. The zero-order chi connectivity index (χ0) is 26.8. The molecule has 38 heavy (non-hydrogen) atoms. The maximum atomic E-state index is 13.7. The van der Waals surface area contributed by atoms with Crippen molar-refractivity contribution in [1.29, 1.82) is 0 Å². The van der Waals surface area contributed by atoms with E-state index in [4.69, 9.17) is 4.42 Å². The van der Waals surface area contributed by atoms with E-state index in [2.05, 4.69) is 5.32 Å². The summed E-state index contributed by atoms with van der Waals surface area (Å²) in [5.74, 6) is -0.439. The molecule has 1 aromatic heterocycles. The topological polar surface area (TPSA) is 82.9 Å². The Kier molecular flexibility index (Phi) is 7.54. The highest BCUT2D eigenvalue weighted by Gasteiger charge is 2.40. The van der Waals surface area contributed by atoms with E-state index >= 15 is 0 Å². The van der Waals surface area contributed by atoms with Gasteiger partial charge >= 0.3 is 0 Å². The van der Waals surface area contributed by atoms with Gasteiger partial charge in [0.05, 0.1) is 0 Å². The molecule has 5 rings (SSSR count). The van der Waals surface area contributed by atoms with Crippen LogP contribution in [0.2, 0.25) is 0 Å². The molecule has 2 fully saturated rings. The normalized spacial score (nSPS) is 20.6. The molecule has 0 radical (unpaired) electrons. The summed E-state index contributed by atoms with van der Waals surface area (Å²) in [4.78, 5) is 44.2. The van der Waals surface area contributed by atoms with E-state index in [0.717, 1.165) is 42.4 Å². The lowest BCUT2D eigenvalue weighted by atomic mass is 9.79. The number of amides is 3. The van der Waals surface area contributed by atoms with Gasteiger partial charge in [0.2, 0.25) is 11.8 Å². The van der Waals surface area contributed by atoms with Crippen molar-refractivity contribution in [1.82, 2.24) is 15.1 Å². The van der Waals surface area contributed by atoms with Crippen molar-refractivity contribution in [3.8, 4) is 0 Å². The highest BCUT2D eigenvalue weighted by molar-refractivity contribution is 5.99. The third-order valence-electron chi connectivity index (χ3n) is 8.15. The summed E-state index contributed by atoms with van der Waals surface area (Å²) in [5.41, 5.74) is 2.55. The van der Waals surface area contributed by atoms with Crippen molar-refractivity contribution in [3.63, 3.8) is 0 Å². The van der Waals surface area contributed by atoms with E-state index in [1.54, 1.807) is 0 Å². The molecule has 3 atom stereocenters. The summed E-state index contributed by atoms with van der Waals surface area (Å²) in [6.45, 7) is 8.23. The number of furan rings is 1. The number of benzene rings is 2. The number of piperidine rings is 1. The van der Waals surface area contributed by atoms with E-state index in [1.807, 2.05) is 85.2 Å². The van der Waals surface area contributed by atoms with Gasteiger partial charge < -0.3 is 19.5 Å². The minimum absolute atomic E-state index is 0.00934. The number of nitrogens with one attached hydrogen (secondary N) is 1. The zero-order valence-corrected chi connectivity index (χ0v) is 22.5. The van der Waals surface area contributed by atoms with Gasteiger partial charge in [-0.25, -0.2) is 0 Å². The Bertz CT molecular complexity index is 1310. The maximum Gasteiger partial charge on any atom is 0.289 e. The summed E-state index contributed by atoms with van der Waals surface area (Å²) in [7, 11) is 0. The first-order chi connectivity index (χ1) is 18.3. The second-order valence-electron chi connectivity index (χ2n) is 11.0. The number of hydrogen-bond acceptors (Lipinski definition) is 4. The molecule has 7 heteroatoms. The van der Waals surface area contributed by atoms with Crippen molar-refractivity contribution in [2.24, 2.45) is 11.8 Å². The number of rotatable bonds is 6. The maximum absolute atomic E-state index is 13.7. The fraction of sp³-hybridized carbons (Fsp3) is 0.452. The van der Waals surface area contributed by atoms with Crippen LogP contribution in [-0.4, -0.2) is 59.7 Å². The fourth-order valence-electron chi connectivity index (χ4n) is 5.92. The molecule has 2 aromatic carbocycles. The number of fused-ring (bicyclic) bond motifs is 1. The summed E-state index contributed by atoms with van der Waals surface area (Å²) in [6.07, 6.45) is 2.54. The Hall–Kier alpha value is -3.61. The molecule has 0 spiro atoms. The Morgan fingerprint density at radius 1 is 0.921 bits per heavy atom. The van der Waals surface area contributed by atoms with E-state index in [1.165, 1.54) is 0 Å². The van der Waals surface area contributed by atoms with Crippen LogP contribution in [-0.2, 0) is 9.59 Å². The minimum Gasteiger partial charge on any atom is -0.451 e. The molecule has 1 N–H and O–H groups in total. The number of hydrogen-bond donors (Lipinski definition) is 1.